The van der Waals surface area contributed by atoms with Crippen LogP contribution in [-0.2, 0) is 27.4 Å². The molecular weight excluding hydrogens is 628 g/mol. The summed E-state index contributed by atoms with van der Waals surface area (Å²) in [5, 5.41) is 0. The molecule has 0 unspecified atom stereocenters. The van der Waals surface area contributed by atoms with Crippen molar-refractivity contribution in [1.29, 1.82) is 0 Å². The smallest absolute Gasteiger partial charge is 0.420 e. The molecule has 4 rings (SSSR count). The zero-order valence-electron chi connectivity index (χ0n) is 23.6. The lowest BCUT2D eigenvalue weighted by Crippen LogP contribution is -2.44. The standard InChI is InChI=1S/C28H30F8N2O5S/c1-26(30,31)8-5-16-14-38(18-6-9-27(32,33)10-7-18)20-12-19(28(34,35)36)21(13-22(20)44(40,41)24(16)29)43-15-17-4-3-11-37-23(17)25(39)42-2/h3-4,11-13,16,18,24H,5-10,14-15H2,1-2H3/t16-,24+/m1/s1. The number of benzene rings is 1. The van der Waals surface area contributed by atoms with Crippen LogP contribution in [0.1, 0.15) is 67.1 Å². The summed E-state index contributed by atoms with van der Waals surface area (Å²) in [5.41, 5.74) is -5.09. The van der Waals surface area contributed by atoms with E-state index >= 15 is 4.39 Å². The number of fused-ring (bicyclic) bond motifs is 1. The van der Waals surface area contributed by atoms with Gasteiger partial charge in [0.25, 0.3) is 0 Å². The highest BCUT2D eigenvalue weighted by Gasteiger charge is 2.47. The van der Waals surface area contributed by atoms with Crippen LogP contribution >= 0.6 is 0 Å². The summed E-state index contributed by atoms with van der Waals surface area (Å²) in [4.78, 5) is 16.1. The van der Waals surface area contributed by atoms with Gasteiger partial charge in [0.1, 0.15) is 12.4 Å². The fourth-order valence-corrected chi connectivity index (χ4v) is 7.20. The Balaban J connectivity index is 1.84. The van der Waals surface area contributed by atoms with Gasteiger partial charge in [-0.15, -0.1) is 0 Å². The molecule has 44 heavy (non-hydrogen) atoms. The maximum absolute atomic E-state index is 15.8. The van der Waals surface area contributed by atoms with E-state index in [1.807, 2.05) is 0 Å². The van der Waals surface area contributed by atoms with Crippen molar-refractivity contribution >= 4 is 21.5 Å². The van der Waals surface area contributed by atoms with Crippen LogP contribution in [0.15, 0.2) is 35.4 Å². The first-order valence-electron chi connectivity index (χ1n) is 13.6. The Bertz CT molecular complexity index is 1470. The van der Waals surface area contributed by atoms with E-state index in [4.69, 9.17) is 4.74 Å². The average molecular weight is 659 g/mol. The van der Waals surface area contributed by atoms with Gasteiger partial charge in [-0.25, -0.2) is 40.1 Å². The number of pyridine rings is 1. The number of esters is 1. The summed E-state index contributed by atoms with van der Waals surface area (Å²) >= 11 is 0. The van der Waals surface area contributed by atoms with Gasteiger partial charge in [-0.1, -0.05) is 6.07 Å². The molecule has 1 aromatic carbocycles. The van der Waals surface area contributed by atoms with Gasteiger partial charge in [0.2, 0.25) is 27.2 Å². The number of rotatable bonds is 8. The minimum atomic E-state index is -5.13. The lowest BCUT2D eigenvalue weighted by atomic mass is 9.89. The Hall–Kier alpha value is -3.17. The molecule has 2 aromatic rings. The quantitative estimate of drug-likeness (QED) is 0.223. The van der Waals surface area contributed by atoms with Crippen molar-refractivity contribution in [3.05, 3.63) is 47.3 Å². The predicted molar refractivity (Wildman–Crippen MR) is 141 cm³/mol. The molecule has 0 radical (unpaired) electrons. The molecular formula is C28H30F8N2O5S. The van der Waals surface area contributed by atoms with Crippen LogP contribution in [-0.4, -0.2) is 56.4 Å². The van der Waals surface area contributed by atoms with Crippen LogP contribution < -0.4 is 9.64 Å². The lowest BCUT2D eigenvalue weighted by molar-refractivity contribution is -0.139. The molecule has 0 bridgehead atoms. The third kappa shape index (κ3) is 7.37. The minimum Gasteiger partial charge on any atom is -0.488 e. The monoisotopic (exact) mass is 658 g/mol. The number of ether oxygens (including phenoxy) is 2. The molecule has 7 nitrogen and oxygen atoms in total. The van der Waals surface area contributed by atoms with Crippen LogP contribution in [0.4, 0.5) is 40.8 Å². The molecule has 1 aromatic heterocycles. The first kappa shape index (κ1) is 33.7. The molecule has 0 amide bonds. The molecule has 16 heteroatoms. The van der Waals surface area contributed by atoms with Crippen molar-refractivity contribution in [3.63, 3.8) is 0 Å². The van der Waals surface area contributed by atoms with Crippen LogP contribution in [0.5, 0.6) is 5.75 Å². The van der Waals surface area contributed by atoms with Gasteiger partial charge in [-0.2, -0.15) is 13.2 Å². The maximum atomic E-state index is 15.8. The summed E-state index contributed by atoms with van der Waals surface area (Å²) in [6.45, 7) is -0.724. The average Bonchev–Trinajstić information content (AvgIpc) is 3.01. The van der Waals surface area contributed by atoms with Crippen LogP contribution in [0.2, 0.25) is 0 Å². The molecule has 2 heterocycles. The SMILES string of the molecule is COC(=O)c1ncccc1COc1cc2c(cc1C(F)(F)F)N(C1CCC(F)(F)CC1)C[C@@H](CCC(C)(F)F)[C@@H](F)S2(=O)=O. The second-order valence-electron chi connectivity index (χ2n) is 11.1. The van der Waals surface area contributed by atoms with Crippen molar-refractivity contribution in [1.82, 2.24) is 4.98 Å². The van der Waals surface area contributed by atoms with E-state index in [1.165, 1.54) is 18.3 Å². The van der Waals surface area contributed by atoms with Gasteiger partial charge in [0, 0.05) is 55.6 Å². The van der Waals surface area contributed by atoms with Gasteiger partial charge in [0.05, 0.1) is 23.3 Å². The maximum Gasteiger partial charge on any atom is 0.420 e. The number of methoxy groups -OCH3 is 1. The highest BCUT2D eigenvalue weighted by molar-refractivity contribution is 7.92. The highest BCUT2D eigenvalue weighted by Crippen LogP contribution is 2.48. The summed E-state index contributed by atoms with van der Waals surface area (Å²) in [6.07, 6.45) is -7.24. The molecule has 0 spiro atoms. The molecule has 2 atom stereocenters. The van der Waals surface area contributed by atoms with E-state index in [0.717, 1.165) is 12.0 Å². The molecule has 1 saturated carbocycles. The third-order valence-corrected chi connectivity index (χ3v) is 9.73. The molecule has 1 aliphatic carbocycles. The van der Waals surface area contributed by atoms with E-state index in [0.29, 0.717) is 19.1 Å². The van der Waals surface area contributed by atoms with Crippen LogP contribution in [0.3, 0.4) is 0 Å². The summed E-state index contributed by atoms with van der Waals surface area (Å²) in [5.74, 6) is -9.87. The number of aromatic nitrogens is 1. The van der Waals surface area contributed by atoms with Crippen LogP contribution in [0.25, 0.3) is 0 Å². The molecule has 0 saturated heterocycles. The normalized spacial score (nSPS) is 22.2. The van der Waals surface area contributed by atoms with Crippen LogP contribution in [0, 0.1) is 5.92 Å². The fourth-order valence-electron chi connectivity index (χ4n) is 5.49. The van der Waals surface area contributed by atoms with Crippen molar-refractivity contribution in [2.24, 2.45) is 5.92 Å². The van der Waals surface area contributed by atoms with E-state index in [1.54, 1.807) is 0 Å². The summed E-state index contributed by atoms with van der Waals surface area (Å²) in [7, 11) is -4.04. The summed E-state index contributed by atoms with van der Waals surface area (Å²) in [6, 6.07) is 2.75. The first-order valence-corrected chi connectivity index (χ1v) is 15.2. The summed E-state index contributed by atoms with van der Waals surface area (Å²) < 4.78 is 151. The second-order valence-corrected chi connectivity index (χ2v) is 13.1. The minimum absolute atomic E-state index is 0.000962. The van der Waals surface area contributed by atoms with Gasteiger partial charge in [-0.3, -0.25) is 0 Å². The lowest BCUT2D eigenvalue weighted by Gasteiger charge is -2.39. The zero-order chi connectivity index (χ0) is 32.7. The zero-order valence-corrected chi connectivity index (χ0v) is 24.5. The number of carbonyl (C=O) groups excluding carboxylic acids is 1. The van der Waals surface area contributed by atoms with Gasteiger partial charge >= 0.3 is 12.1 Å². The number of anilines is 1. The number of carbonyl (C=O) groups is 1. The fraction of sp³-hybridized carbons (Fsp3) is 0.571. The number of halogens is 8. The van der Waals surface area contributed by atoms with Gasteiger partial charge < -0.3 is 14.4 Å². The van der Waals surface area contributed by atoms with E-state index in [-0.39, 0.29) is 24.1 Å². The van der Waals surface area contributed by atoms with Crippen molar-refractivity contribution < 1.29 is 57.8 Å². The van der Waals surface area contributed by atoms with E-state index in [9.17, 15) is 43.9 Å². The molecule has 1 fully saturated rings. The highest BCUT2D eigenvalue weighted by atomic mass is 32.2. The number of nitrogens with zero attached hydrogens (tertiary/aromatic N) is 2. The third-order valence-electron chi connectivity index (χ3n) is 7.82. The van der Waals surface area contributed by atoms with Crippen molar-refractivity contribution in [2.45, 2.75) is 86.5 Å². The molecule has 0 N–H and O–H groups in total. The number of alkyl halides is 8. The molecule has 244 valence electrons. The topological polar surface area (TPSA) is 85.8 Å². The molecule has 2 aliphatic rings. The second kappa shape index (κ2) is 12.3. The Morgan fingerprint density at radius 3 is 2.39 bits per heavy atom. The predicted octanol–water partition coefficient (Wildman–Crippen LogP) is 6.98. The Labute approximate surface area is 248 Å². The Kier molecular flexibility index (Phi) is 9.44. The van der Waals surface area contributed by atoms with Gasteiger partial charge in [-0.05, 0) is 38.3 Å². The van der Waals surface area contributed by atoms with Crippen molar-refractivity contribution in [3.8, 4) is 5.75 Å². The number of sulfone groups is 1. The van der Waals surface area contributed by atoms with Gasteiger partial charge in [0.15, 0.2) is 5.69 Å². The Morgan fingerprint density at radius 2 is 1.80 bits per heavy atom. The number of hydrogen-bond donors (Lipinski definition) is 0. The number of hydrogen-bond acceptors (Lipinski definition) is 7. The van der Waals surface area contributed by atoms with Crippen molar-refractivity contribution in [2.75, 3.05) is 18.6 Å². The van der Waals surface area contributed by atoms with E-state index in [2.05, 4.69) is 9.72 Å². The first-order chi connectivity index (χ1) is 20.3. The largest absolute Gasteiger partial charge is 0.488 e. The Morgan fingerprint density at radius 1 is 1.14 bits per heavy atom. The molecule has 1 aliphatic heterocycles. The van der Waals surface area contributed by atoms with E-state index < -0.39 is 112 Å².